The van der Waals surface area contributed by atoms with E-state index in [4.69, 9.17) is 0 Å². The first-order valence-corrected chi connectivity index (χ1v) is 8.95. The van der Waals surface area contributed by atoms with E-state index in [2.05, 4.69) is 41.7 Å². The average Bonchev–Trinajstić information content (AvgIpc) is 2.29. The Morgan fingerprint density at radius 3 is 2.12 bits per heavy atom. The van der Waals surface area contributed by atoms with Crippen molar-refractivity contribution in [2.75, 3.05) is 0 Å². The third-order valence-electron chi connectivity index (χ3n) is 2.56. The van der Waals surface area contributed by atoms with Crippen molar-refractivity contribution in [3.05, 3.63) is 42.7 Å². The van der Waals surface area contributed by atoms with Gasteiger partial charge in [-0.15, -0.1) is 0 Å². The number of aromatic nitrogens is 2. The molecule has 0 atom stereocenters. The lowest BCUT2D eigenvalue weighted by molar-refractivity contribution is 1.25. The maximum absolute atomic E-state index is 4.49. The molecule has 2 nitrogen and oxygen atoms in total. The van der Waals surface area contributed by atoms with Crippen LogP contribution < -0.4 is 5.19 Å². The molecule has 0 amide bonds. The van der Waals surface area contributed by atoms with Gasteiger partial charge in [-0.25, -0.2) is 0 Å². The Bertz CT molecular complexity index is 458. The van der Waals surface area contributed by atoms with Crippen LogP contribution in [0, 0.1) is 0 Å². The van der Waals surface area contributed by atoms with Crippen molar-refractivity contribution >= 4 is 13.3 Å². The second-order valence-electron chi connectivity index (χ2n) is 4.90. The molecule has 2 rings (SSSR count). The van der Waals surface area contributed by atoms with Crippen LogP contribution >= 0.6 is 0 Å². The van der Waals surface area contributed by atoms with Gasteiger partial charge in [0.05, 0.1) is 19.5 Å². The SMILES string of the molecule is C[Si](C)(C)c1ccc(-c2ccccn2)nc1. The molecule has 0 radical (unpaired) electrons. The van der Waals surface area contributed by atoms with Crippen LogP contribution in [0.3, 0.4) is 0 Å². The van der Waals surface area contributed by atoms with E-state index in [-0.39, 0.29) is 0 Å². The molecule has 0 aliphatic rings. The summed E-state index contributed by atoms with van der Waals surface area (Å²) in [6.45, 7) is 6.97. The van der Waals surface area contributed by atoms with E-state index in [0.717, 1.165) is 11.4 Å². The minimum atomic E-state index is -1.24. The summed E-state index contributed by atoms with van der Waals surface area (Å²) >= 11 is 0. The first kappa shape index (κ1) is 11.0. The quantitative estimate of drug-likeness (QED) is 0.739. The van der Waals surface area contributed by atoms with Gasteiger partial charge in [0.1, 0.15) is 0 Å². The summed E-state index contributed by atoms with van der Waals surface area (Å²) in [4.78, 5) is 8.78. The molecule has 0 aliphatic carbocycles. The highest BCUT2D eigenvalue weighted by Crippen LogP contribution is 2.12. The molecule has 2 heterocycles. The zero-order valence-electron chi connectivity index (χ0n) is 9.94. The molecule has 2 aromatic rings. The standard InChI is InChI=1S/C13H16N2Si/c1-16(2,3)11-7-8-13(15-10-11)12-6-4-5-9-14-12/h4-10H,1-3H3. The molecule has 82 valence electrons. The first-order valence-electron chi connectivity index (χ1n) is 5.45. The molecule has 0 fully saturated rings. The van der Waals surface area contributed by atoms with Crippen LogP contribution in [0.2, 0.25) is 19.6 Å². The summed E-state index contributed by atoms with van der Waals surface area (Å²) in [5.74, 6) is 0. The van der Waals surface area contributed by atoms with Crippen LogP contribution in [0.15, 0.2) is 42.7 Å². The summed E-state index contributed by atoms with van der Waals surface area (Å²) in [6.07, 6.45) is 3.79. The molecule has 0 unspecified atom stereocenters. The Balaban J connectivity index is 2.34. The van der Waals surface area contributed by atoms with Crippen molar-refractivity contribution in [1.82, 2.24) is 9.97 Å². The third kappa shape index (κ3) is 2.36. The van der Waals surface area contributed by atoms with Crippen molar-refractivity contribution in [3.8, 4) is 11.4 Å². The van der Waals surface area contributed by atoms with Gasteiger partial charge < -0.3 is 0 Å². The summed E-state index contributed by atoms with van der Waals surface area (Å²) in [5, 5.41) is 1.38. The molecule has 16 heavy (non-hydrogen) atoms. The van der Waals surface area contributed by atoms with Crippen molar-refractivity contribution in [1.29, 1.82) is 0 Å². The van der Waals surface area contributed by atoms with Crippen LogP contribution in [0.25, 0.3) is 11.4 Å². The minimum absolute atomic E-state index is 0.935. The topological polar surface area (TPSA) is 25.8 Å². The lowest BCUT2D eigenvalue weighted by Gasteiger charge is -2.15. The third-order valence-corrected chi connectivity index (χ3v) is 4.58. The number of hydrogen-bond donors (Lipinski definition) is 0. The van der Waals surface area contributed by atoms with E-state index in [1.54, 1.807) is 6.20 Å². The number of rotatable bonds is 2. The van der Waals surface area contributed by atoms with Gasteiger partial charge in [-0.1, -0.05) is 31.8 Å². The average molecular weight is 228 g/mol. The van der Waals surface area contributed by atoms with Gasteiger partial charge in [0.25, 0.3) is 0 Å². The fourth-order valence-corrected chi connectivity index (χ4v) is 2.54. The van der Waals surface area contributed by atoms with E-state index >= 15 is 0 Å². The lowest BCUT2D eigenvalue weighted by atomic mass is 10.2. The van der Waals surface area contributed by atoms with E-state index in [1.165, 1.54) is 5.19 Å². The summed E-state index contributed by atoms with van der Waals surface area (Å²) in [7, 11) is -1.24. The molecule has 2 aromatic heterocycles. The monoisotopic (exact) mass is 228 g/mol. The van der Waals surface area contributed by atoms with Crippen molar-refractivity contribution in [2.24, 2.45) is 0 Å². The molecule has 0 spiro atoms. The van der Waals surface area contributed by atoms with Crippen LogP contribution in [0.5, 0.6) is 0 Å². The maximum atomic E-state index is 4.49. The molecule has 0 aliphatic heterocycles. The number of hydrogen-bond acceptors (Lipinski definition) is 2. The summed E-state index contributed by atoms with van der Waals surface area (Å²) < 4.78 is 0. The Labute approximate surface area is 97.4 Å². The second-order valence-corrected chi connectivity index (χ2v) is 9.97. The molecule has 0 saturated carbocycles. The van der Waals surface area contributed by atoms with Gasteiger partial charge in [0.2, 0.25) is 0 Å². The van der Waals surface area contributed by atoms with Crippen LogP contribution in [0.4, 0.5) is 0 Å². The molecule has 0 N–H and O–H groups in total. The normalized spacial score (nSPS) is 11.4. The Kier molecular flexibility index (Phi) is 2.88. The van der Waals surface area contributed by atoms with Crippen molar-refractivity contribution in [3.63, 3.8) is 0 Å². The molecule has 0 aromatic carbocycles. The molecular weight excluding hydrogens is 212 g/mol. The Hall–Kier alpha value is -1.48. The predicted octanol–water partition coefficient (Wildman–Crippen LogP) is 2.69. The second kappa shape index (κ2) is 4.18. The van der Waals surface area contributed by atoms with Crippen LogP contribution in [0.1, 0.15) is 0 Å². The van der Waals surface area contributed by atoms with Crippen molar-refractivity contribution < 1.29 is 0 Å². The predicted molar refractivity (Wildman–Crippen MR) is 70.4 cm³/mol. The summed E-state index contributed by atoms with van der Waals surface area (Å²) in [6, 6.07) is 10.1. The highest BCUT2D eigenvalue weighted by atomic mass is 28.3. The number of pyridine rings is 2. The fourth-order valence-electron chi connectivity index (χ4n) is 1.50. The van der Waals surface area contributed by atoms with Gasteiger partial charge in [0, 0.05) is 12.4 Å². The van der Waals surface area contributed by atoms with Crippen LogP contribution in [-0.4, -0.2) is 18.0 Å². The highest BCUT2D eigenvalue weighted by molar-refractivity contribution is 6.88. The highest BCUT2D eigenvalue weighted by Gasteiger charge is 2.16. The van der Waals surface area contributed by atoms with Gasteiger partial charge in [-0.3, -0.25) is 9.97 Å². The zero-order chi connectivity index (χ0) is 11.6. The zero-order valence-corrected chi connectivity index (χ0v) is 10.9. The Morgan fingerprint density at radius 2 is 1.62 bits per heavy atom. The minimum Gasteiger partial charge on any atom is -0.255 e. The van der Waals surface area contributed by atoms with Gasteiger partial charge in [0.15, 0.2) is 0 Å². The van der Waals surface area contributed by atoms with Crippen LogP contribution in [-0.2, 0) is 0 Å². The molecule has 0 saturated heterocycles. The largest absolute Gasteiger partial charge is 0.255 e. The van der Waals surface area contributed by atoms with E-state index in [9.17, 15) is 0 Å². The smallest absolute Gasteiger partial charge is 0.0886 e. The molecule has 3 heteroatoms. The summed E-state index contributed by atoms with van der Waals surface area (Å²) in [5.41, 5.74) is 1.88. The van der Waals surface area contributed by atoms with Gasteiger partial charge in [-0.2, -0.15) is 0 Å². The molecular formula is C13H16N2Si. The van der Waals surface area contributed by atoms with Gasteiger partial charge >= 0.3 is 0 Å². The Morgan fingerprint density at radius 1 is 0.875 bits per heavy atom. The van der Waals surface area contributed by atoms with Crippen molar-refractivity contribution in [2.45, 2.75) is 19.6 Å². The van der Waals surface area contributed by atoms with Gasteiger partial charge in [-0.05, 0) is 23.4 Å². The fraction of sp³-hybridized carbons (Fsp3) is 0.231. The first-order chi connectivity index (χ1) is 7.57. The van der Waals surface area contributed by atoms with E-state index < -0.39 is 8.07 Å². The van der Waals surface area contributed by atoms with E-state index in [1.807, 2.05) is 24.4 Å². The van der Waals surface area contributed by atoms with E-state index in [0.29, 0.717) is 0 Å². The maximum Gasteiger partial charge on any atom is 0.0886 e. The lowest BCUT2D eigenvalue weighted by Crippen LogP contribution is -2.37. The number of nitrogens with zero attached hydrogens (tertiary/aromatic N) is 2. The molecule has 0 bridgehead atoms.